The van der Waals surface area contributed by atoms with Crippen LogP contribution in [0.15, 0.2) is 18.2 Å². The highest BCUT2D eigenvalue weighted by Gasteiger charge is 2.42. The van der Waals surface area contributed by atoms with Gasteiger partial charge in [0.2, 0.25) is 0 Å². The number of hydrogen-bond acceptors (Lipinski definition) is 3. The summed E-state index contributed by atoms with van der Waals surface area (Å²) in [6.07, 6.45) is 0.216. The van der Waals surface area contributed by atoms with Crippen molar-refractivity contribution in [2.45, 2.75) is 45.0 Å². The molecule has 0 amide bonds. The van der Waals surface area contributed by atoms with Crippen LogP contribution in [0.25, 0.3) is 0 Å². The summed E-state index contributed by atoms with van der Waals surface area (Å²) in [5, 5.41) is 0.208. The second-order valence-electron chi connectivity index (χ2n) is 7.12. The van der Waals surface area contributed by atoms with Crippen molar-refractivity contribution in [3.8, 4) is 0 Å². The minimum Gasteiger partial charge on any atom is -0.410 e. The number of nitrogen functional groups attached to an aromatic ring is 1. The van der Waals surface area contributed by atoms with Gasteiger partial charge >= 0.3 is 0 Å². The van der Waals surface area contributed by atoms with Crippen LogP contribution in [-0.2, 0) is 4.43 Å². The maximum atomic E-state index is 13.8. The third-order valence-electron chi connectivity index (χ3n) is 4.43. The zero-order valence-electron chi connectivity index (χ0n) is 13.0. The monoisotopic (exact) mass is 296 g/mol. The van der Waals surface area contributed by atoms with E-state index in [9.17, 15) is 4.39 Å². The van der Waals surface area contributed by atoms with Crippen molar-refractivity contribution in [2.24, 2.45) is 0 Å². The van der Waals surface area contributed by atoms with Crippen LogP contribution >= 0.6 is 0 Å². The normalized spacial score (nSPS) is 17.2. The predicted octanol–water partition coefficient (Wildman–Crippen LogP) is 3.62. The van der Waals surface area contributed by atoms with E-state index in [-0.39, 0.29) is 17.0 Å². The van der Waals surface area contributed by atoms with Crippen molar-refractivity contribution in [2.75, 3.05) is 23.7 Å². The minimum absolute atomic E-state index is 0.208. The number of benzene rings is 1. The van der Waals surface area contributed by atoms with Gasteiger partial charge in [-0.2, -0.15) is 0 Å². The van der Waals surface area contributed by atoms with Crippen molar-refractivity contribution < 1.29 is 8.82 Å². The van der Waals surface area contributed by atoms with E-state index < -0.39 is 8.32 Å². The Morgan fingerprint density at radius 2 is 1.90 bits per heavy atom. The molecule has 0 bridgehead atoms. The first-order valence-corrected chi connectivity index (χ1v) is 9.99. The summed E-state index contributed by atoms with van der Waals surface area (Å²) in [5.41, 5.74) is 6.65. The zero-order chi connectivity index (χ0) is 15.1. The first kappa shape index (κ1) is 15.3. The highest BCUT2D eigenvalue weighted by atomic mass is 28.4. The molecule has 1 fully saturated rings. The number of nitrogens with two attached hydrogens (primary N) is 1. The van der Waals surface area contributed by atoms with E-state index in [0.29, 0.717) is 11.4 Å². The van der Waals surface area contributed by atoms with E-state index in [2.05, 4.69) is 33.9 Å². The van der Waals surface area contributed by atoms with Crippen LogP contribution in [0.1, 0.15) is 20.8 Å². The lowest BCUT2D eigenvalue weighted by Crippen LogP contribution is -2.58. The minimum atomic E-state index is -1.73. The van der Waals surface area contributed by atoms with Crippen molar-refractivity contribution in [3.05, 3.63) is 24.0 Å². The lowest BCUT2D eigenvalue weighted by molar-refractivity contribution is 0.148. The molecule has 20 heavy (non-hydrogen) atoms. The van der Waals surface area contributed by atoms with Gasteiger partial charge in [0, 0.05) is 18.8 Å². The molecule has 1 aliphatic heterocycles. The Hall–Kier alpha value is -1.07. The summed E-state index contributed by atoms with van der Waals surface area (Å²) in [6, 6.07) is 4.85. The topological polar surface area (TPSA) is 38.5 Å². The fraction of sp³-hybridized carbons (Fsp3) is 0.600. The lowest BCUT2D eigenvalue weighted by atomic mass is 10.1. The molecule has 1 saturated heterocycles. The molecule has 0 unspecified atom stereocenters. The van der Waals surface area contributed by atoms with Gasteiger partial charge in [-0.15, -0.1) is 0 Å². The lowest BCUT2D eigenvalue weighted by Gasteiger charge is -2.47. The fourth-order valence-corrected chi connectivity index (χ4v) is 3.42. The van der Waals surface area contributed by atoms with E-state index in [4.69, 9.17) is 10.2 Å². The quantitative estimate of drug-likeness (QED) is 0.684. The third-order valence-corrected chi connectivity index (χ3v) is 8.96. The molecule has 3 nitrogen and oxygen atoms in total. The molecule has 1 aliphatic rings. The molecule has 5 heteroatoms. The molecule has 1 aromatic carbocycles. The second kappa shape index (κ2) is 5.04. The molecular formula is C15H25FN2OSi. The summed E-state index contributed by atoms with van der Waals surface area (Å²) in [6.45, 7) is 12.7. The highest BCUT2D eigenvalue weighted by Crippen LogP contribution is 2.39. The molecule has 2 rings (SSSR count). The van der Waals surface area contributed by atoms with E-state index in [1.807, 2.05) is 4.90 Å². The Balaban J connectivity index is 1.95. The summed E-state index contributed by atoms with van der Waals surface area (Å²) in [5.74, 6) is -0.254. The number of anilines is 2. The molecule has 0 saturated carbocycles. The predicted molar refractivity (Wildman–Crippen MR) is 85.1 cm³/mol. The number of hydrogen-bond donors (Lipinski definition) is 1. The van der Waals surface area contributed by atoms with Crippen LogP contribution in [0.5, 0.6) is 0 Å². The average Bonchev–Trinajstić information content (AvgIpc) is 2.22. The molecule has 0 spiro atoms. The maximum absolute atomic E-state index is 13.8. The highest BCUT2D eigenvalue weighted by molar-refractivity contribution is 6.74. The second-order valence-corrected chi connectivity index (χ2v) is 11.9. The zero-order valence-corrected chi connectivity index (χ0v) is 14.0. The van der Waals surface area contributed by atoms with Gasteiger partial charge < -0.3 is 15.1 Å². The van der Waals surface area contributed by atoms with Gasteiger partial charge in [-0.25, -0.2) is 4.39 Å². The van der Waals surface area contributed by atoms with Crippen molar-refractivity contribution in [1.82, 2.24) is 0 Å². The van der Waals surface area contributed by atoms with E-state index in [0.717, 1.165) is 13.1 Å². The van der Waals surface area contributed by atoms with Gasteiger partial charge in [0.15, 0.2) is 8.32 Å². The average molecular weight is 296 g/mol. The van der Waals surface area contributed by atoms with Gasteiger partial charge in [0.05, 0.1) is 11.8 Å². The fourth-order valence-electron chi connectivity index (χ4n) is 2.08. The number of rotatable bonds is 3. The van der Waals surface area contributed by atoms with Crippen molar-refractivity contribution >= 4 is 19.7 Å². The van der Waals surface area contributed by atoms with Gasteiger partial charge in [-0.1, -0.05) is 20.8 Å². The van der Waals surface area contributed by atoms with Crippen LogP contribution < -0.4 is 10.6 Å². The molecule has 0 atom stereocenters. The molecule has 112 valence electrons. The molecule has 2 N–H and O–H groups in total. The van der Waals surface area contributed by atoms with E-state index >= 15 is 0 Å². The van der Waals surface area contributed by atoms with Crippen LogP contribution in [0.3, 0.4) is 0 Å². The third kappa shape index (κ3) is 2.98. The molecular weight excluding hydrogens is 271 g/mol. The molecule has 1 aromatic rings. The Morgan fingerprint density at radius 3 is 2.40 bits per heavy atom. The van der Waals surface area contributed by atoms with Gasteiger partial charge in [0.1, 0.15) is 5.82 Å². The van der Waals surface area contributed by atoms with Gasteiger partial charge in [0.25, 0.3) is 0 Å². The van der Waals surface area contributed by atoms with Gasteiger partial charge in [-0.05, 0) is 36.3 Å². The summed E-state index contributed by atoms with van der Waals surface area (Å²) >= 11 is 0. The number of nitrogens with zero attached hydrogens (tertiary/aromatic N) is 1. The van der Waals surface area contributed by atoms with Crippen molar-refractivity contribution in [1.29, 1.82) is 0 Å². The smallest absolute Gasteiger partial charge is 0.192 e. The number of halogens is 1. The van der Waals surface area contributed by atoms with Gasteiger partial charge in [-0.3, -0.25) is 0 Å². The van der Waals surface area contributed by atoms with Crippen LogP contribution in [-0.4, -0.2) is 27.5 Å². The van der Waals surface area contributed by atoms with Crippen LogP contribution in [0, 0.1) is 5.82 Å². The van der Waals surface area contributed by atoms with E-state index in [1.165, 1.54) is 6.07 Å². The summed E-state index contributed by atoms with van der Waals surface area (Å²) in [4.78, 5) is 2.01. The molecule has 0 aromatic heterocycles. The molecule has 0 aliphatic carbocycles. The Kier molecular flexibility index (Phi) is 3.86. The SMILES string of the molecule is CC(C)(C)[Si](C)(C)OC1CN(c2ccc(N)cc2F)C1. The first-order chi connectivity index (χ1) is 9.10. The van der Waals surface area contributed by atoms with E-state index in [1.54, 1.807) is 12.1 Å². The largest absolute Gasteiger partial charge is 0.410 e. The van der Waals surface area contributed by atoms with Crippen LogP contribution in [0.2, 0.25) is 18.1 Å². The maximum Gasteiger partial charge on any atom is 0.192 e. The molecule has 1 heterocycles. The Bertz CT molecular complexity index is 493. The van der Waals surface area contributed by atoms with Crippen LogP contribution in [0.4, 0.5) is 15.8 Å². The van der Waals surface area contributed by atoms with Crippen molar-refractivity contribution in [3.63, 3.8) is 0 Å². The Labute approximate surface area is 122 Å². The summed E-state index contributed by atoms with van der Waals surface area (Å²) < 4.78 is 20.1. The first-order valence-electron chi connectivity index (χ1n) is 7.08. The summed E-state index contributed by atoms with van der Waals surface area (Å²) in [7, 11) is -1.73. The standard InChI is InChI=1S/C15H25FN2OSi/c1-15(2,3)20(4,5)19-12-9-18(10-12)14-7-6-11(17)8-13(14)16/h6-8,12H,9-10,17H2,1-5H3. The molecule has 0 radical (unpaired) electrons. The Morgan fingerprint density at radius 1 is 1.30 bits per heavy atom.